The second kappa shape index (κ2) is 4.70. The zero-order valence-corrected chi connectivity index (χ0v) is 10.7. The molecule has 1 heterocycles. The summed E-state index contributed by atoms with van der Waals surface area (Å²) in [7, 11) is -3.35. The van der Waals surface area contributed by atoms with Gasteiger partial charge in [-0.05, 0) is 25.5 Å². The summed E-state index contributed by atoms with van der Waals surface area (Å²) in [4.78, 5) is 8.23. The minimum Gasteiger partial charge on any atom is -0.330 e. The molecule has 1 fully saturated rings. The predicted octanol–water partition coefficient (Wildman–Crippen LogP) is 0.649. The number of rotatable bonds is 4. The van der Waals surface area contributed by atoms with Crippen molar-refractivity contribution >= 4 is 9.84 Å². The van der Waals surface area contributed by atoms with E-state index in [1.165, 1.54) is 6.42 Å². The average Bonchev–Trinajstić information content (AvgIpc) is 2.13. The van der Waals surface area contributed by atoms with Crippen LogP contribution in [0.5, 0.6) is 0 Å². The fraction of sp³-hybridized carbons (Fsp3) is 0.636. The SMILES string of the molecule is CS(=O)(=O)c1nc(CCN)cc(C2CCC2)n1. The van der Waals surface area contributed by atoms with Gasteiger partial charge >= 0.3 is 0 Å². The lowest BCUT2D eigenvalue weighted by molar-refractivity contribution is 0.407. The highest BCUT2D eigenvalue weighted by molar-refractivity contribution is 7.90. The van der Waals surface area contributed by atoms with E-state index in [4.69, 9.17) is 5.73 Å². The van der Waals surface area contributed by atoms with Crippen LogP contribution in [-0.2, 0) is 16.3 Å². The summed E-state index contributed by atoms with van der Waals surface area (Å²) >= 11 is 0. The first kappa shape index (κ1) is 12.4. The van der Waals surface area contributed by atoms with E-state index in [9.17, 15) is 8.42 Å². The summed E-state index contributed by atoms with van der Waals surface area (Å²) in [6, 6.07) is 1.89. The van der Waals surface area contributed by atoms with Gasteiger partial charge in [-0.2, -0.15) is 0 Å². The van der Waals surface area contributed by atoms with Crippen LogP contribution in [0.4, 0.5) is 0 Å². The number of hydrogen-bond donors (Lipinski definition) is 1. The third kappa shape index (κ3) is 2.81. The van der Waals surface area contributed by atoms with Gasteiger partial charge in [0.2, 0.25) is 15.0 Å². The summed E-state index contributed by atoms with van der Waals surface area (Å²) in [5, 5.41) is -0.0645. The highest BCUT2D eigenvalue weighted by atomic mass is 32.2. The highest BCUT2D eigenvalue weighted by Gasteiger charge is 2.24. The van der Waals surface area contributed by atoms with Crippen LogP contribution in [-0.4, -0.2) is 31.2 Å². The van der Waals surface area contributed by atoms with Gasteiger partial charge in [0.15, 0.2) is 0 Å². The molecule has 5 nitrogen and oxygen atoms in total. The summed E-state index contributed by atoms with van der Waals surface area (Å²) in [5.74, 6) is 0.398. The number of nitrogens with two attached hydrogens (primary N) is 1. The fourth-order valence-corrected chi connectivity index (χ4v) is 2.40. The molecule has 0 amide bonds. The first-order valence-electron chi connectivity index (χ1n) is 5.78. The summed E-state index contributed by atoms with van der Waals surface area (Å²) in [6.07, 6.45) is 5.09. The van der Waals surface area contributed by atoms with Crippen molar-refractivity contribution in [3.63, 3.8) is 0 Å². The standard InChI is InChI=1S/C11H17N3O2S/c1-17(15,16)11-13-9(5-6-12)7-10(14-11)8-3-2-4-8/h7-8H,2-6,12H2,1H3. The van der Waals surface area contributed by atoms with Crippen LogP contribution < -0.4 is 5.73 Å². The fourth-order valence-electron chi connectivity index (χ4n) is 1.85. The molecule has 94 valence electrons. The van der Waals surface area contributed by atoms with Crippen LogP contribution in [0.2, 0.25) is 0 Å². The molecule has 1 aliphatic rings. The lowest BCUT2D eigenvalue weighted by Gasteiger charge is -2.25. The van der Waals surface area contributed by atoms with Crippen molar-refractivity contribution in [2.45, 2.75) is 36.8 Å². The third-order valence-corrected chi connectivity index (χ3v) is 3.88. The van der Waals surface area contributed by atoms with Crippen molar-refractivity contribution in [2.75, 3.05) is 12.8 Å². The van der Waals surface area contributed by atoms with Gasteiger partial charge in [-0.1, -0.05) is 6.42 Å². The minimum atomic E-state index is -3.35. The Morgan fingerprint density at radius 2 is 2.12 bits per heavy atom. The quantitative estimate of drug-likeness (QED) is 0.798. The van der Waals surface area contributed by atoms with Crippen LogP contribution in [0.3, 0.4) is 0 Å². The molecule has 17 heavy (non-hydrogen) atoms. The van der Waals surface area contributed by atoms with Gasteiger partial charge in [0.1, 0.15) is 0 Å². The highest BCUT2D eigenvalue weighted by Crippen LogP contribution is 2.35. The van der Waals surface area contributed by atoms with Crippen LogP contribution in [0.1, 0.15) is 36.6 Å². The molecule has 1 aromatic heterocycles. The minimum absolute atomic E-state index is 0.0645. The Balaban J connectivity index is 2.41. The van der Waals surface area contributed by atoms with Crippen LogP contribution in [0.15, 0.2) is 11.2 Å². The average molecular weight is 255 g/mol. The van der Waals surface area contributed by atoms with Crippen molar-refractivity contribution in [2.24, 2.45) is 5.73 Å². The van der Waals surface area contributed by atoms with Gasteiger partial charge in [-0.25, -0.2) is 18.4 Å². The van der Waals surface area contributed by atoms with Gasteiger partial charge in [0, 0.05) is 30.0 Å². The molecule has 0 atom stereocenters. The summed E-state index contributed by atoms with van der Waals surface area (Å²) in [6.45, 7) is 0.463. The van der Waals surface area contributed by atoms with Crippen LogP contribution >= 0.6 is 0 Å². The van der Waals surface area contributed by atoms with Gasteiger partial charge in [-0.3, -0.25) is 0 Å². The molecule has 0 aliphatic heterocycles. The zero-order valence-electron chi connectivity index (χ0n) is 9.89. The molecule has 0 aromatic carbocycles. The molecule has 0 unspecified atom stereocenters. The van der Waals surface area contributed by atoms with Gasteiger partial charge < -0.3 is 5.73 Å². The van der Waals surface area contributed by atoms with E-state index in [0.29, 0.717) is 18.9 Å². The molecule has 2 rings (SSSR count). The Labute approximate surface area is 101 Å². The van der Waals surface area contributed by atoms with E-state index in [2.05, 4.69) is 9.97 Å². The smallest absolute Gasteiger partial charge is 0.247 e. The maximum absolute atomic E-state index is 11.5. The Morgan fingerprint density at radius 1 is 1.41 bits per heavy atom. The van der Waals surface area contributed by atoms with E-state index >= 15 is 0 Å². The van der Waals surface area contributed by atoms with E-state index < -0.39 is 9.84 Å². The number of aromatic nitrogens is 2. The molecule has 2 N–H and O–H groups in total. The van der Waals surface area contributed by atoms with Crippen molar-refractivity contribution in [1.82, 2.24) is 9.97 Å². The van der Waals surface area contributed by atoms with Crippen LogP contribution in [0, 0.1) is 0 Å². The van der Waals surface area contributed by atoms with Crippen LogP contribution in [0.25, 0.3) is 0 Å². The second-order valence-electron chi connectivity index (χ2n) is 4.51. The Bertz CT molecular complexity index is 509. The molecule has 1 aliphatic carbocycles. The molecule has 1 aromatic rings. The predicted molar refractivity (Wildman–Crippen MR) is 64.5 cm³/mol. The van der Waals surface area contributed by atoms with E-state index in [-0.39, 0.29) is 5.16 Å². The number of hydrogen-bond acceptors (Lipinski definition) is 5. The number of nitrogens with zero attached hydrogens (tertiary/aromatic N) is 2. The molecule has 0 saturated heterocycles. The van der Waals surface area contributed by atoms with E-state index in [0.717, 1.165) is 30.5 Å². The zero-order chi connectivity index (χ0) is 12.5. The van der Waals surface area contributed by atoms with Crippen molar-refractivity contribution in [3.05, 3.63) is 17.5 Å². The monoisotopic (exact) mass is 255 g/mol. The molecular formula is C11H17N3O2S. The molecule has 1 saturated carbocycles. The van der Waals surface area contributed by atoms with Crippen molar-refractivity contribution < 1.29 is 8.42 Å². The Morgan fingerprint density at radius 3 is 2.59 bits per heavy atom. The normalized spacial score (nSPS) is 16.8. The third-order valence-electron chi connectivity index (χ3n) is 3.03. The van der Waals surface area contributed by atoms with E-state index in [1.807, 2.05) is 6.07 Å². The Hall–Kier alpha value is -1.01. The summed E-state index contributed by atoms with van der Waals surface area (Å²) in [5.41, 5.74) is 7.07. The van der Waals surface area contributed by atoms with Gasteiger partial charge in [0.25, 0.3) is 0 Å². The number of sulfone groups is 1. The lowest BCUT2D eigenvalue weighted by atomic mass is 9.82. The largest absolute Gasteiger partial charge is 0.330 e. The van der Waals surface area contributed by atoms with Crippen molar-refractivity contribution in [3.8, 4) is 0 Å². The first-order valence-corrected chi connectivity index (χ1v) is 7.68. The molecular weight excluding hydrogens is 238 g/mol. The molecule has 6 heteroatoms. The topological polar surface area (TPSA) is 85.9 Å². The lowest BCUT2D eigenvalue weighted by Crippen LogP contribution is -2.16. The first-order chi connectivity index (χ1) is 8.00. The maximum atomic E-state index is 11.5. The summed E-state index contributed by atoms with van der Waals surface area (Å²) < 4.78 is 23.0. The molecule has 0 bridgehead atoms. The second-order valence-corrected chi connectivity index (χ2v) is 6.41. The van der Waals surface area contributed by atoms with Crippen molar-refractivity contribution in [1.29, 1.82) is 0 Å². The van der Waals surface area contributed by atoms with Gasteiger partial charge in [-0.15, -0.1) is 0 Å². The van der Waals surface area contributed by atoms with E-state index in [1.54, 1.807) is 0 Å². The Kier molecular flexibility index (Phi) is 3.44. The van der Waals surface area contributed by atoms with Gasteiger partial charge in [0.05, 0.1) is 0 Å². The molecule has 0 radical (unpaired) electrons. The maximum Gasteiger partial charge on any atom is 0.247 e. The molecule has 0 spiro atoms.